The predicted molar refractivity (Wildman–Crippen MR) is 132 cm³/mol. The Balaban J connectivity index is 1.44. The van der Waals surface area contributed by atoms with E-state index in [9.17, 15) is 9.59 Å². The maximum absolute atomic E-state index is 13.1. The van der Waals surface area contributed by atoms with Crippen molar-refractivity contribution in [2.45, 2.75) is 38.6 Å². The Kier molecular flexibility index (Phi) is 6.11. The summed E-state index contributed by atoms with van der Waals surface area (Å²) in [5.74, 6) is 0.280. The van der Waals surface area contributed by atoms with E-state index in [-0.39, 0.29) is 11.1 Å². The number of hydrogen-bond donors (Lipinski definition) is 0. The van der Waals surface area contributed by atoms with E-state index in [0.29, 0.717) is 23.9 Å². The molecule has 4 nitrogen and oxygen atoms in total. The van der Waals surface area contributed by atoms with Crippen LogP contribution in [0.3, 0.4) is 0 Å². The Morgan fingerprint density at radius 3 is 2.56 bits per heavy atom. The molecule has 2 amide bonds. The molecule has 1 saturated carbocycles. The van der Waals surface area contributed by atoms with Crippen molar-refractivity contribution in [3.8, 4) is 0 Å². The summed E-state index contributed by atoms with van der Waals surface area (Å²) in [6.45, 7) is 1.19. The van der Waals surface area contributed by atoms with Gasteiger partial charge in [0, 0.05) is 40.8 Å². The number of rotatable bonds is 5. The average Bonchev–Trinajstić information content (AvgIpc) is 3.28. The summed E-state index contributed by atoms with van der Waals surface area (Å²) >= 11 is 7.44. The monoisotopic (exact) mass is 464 g/mol. The van der Waals surface area contributed by atoms with Crippen molar-refractivity contribution >= 4 is 51.5 Å². The zero-order valence-electron chi connectivity index (χ0n) is 17.8. The molecule has 0 N–H and O–H groups in total. The second-order valence-electron chi connectivity index (χ2n) is 8.62. The molecule has 2 heterocycles. The number of para-hydroxylation sites is 1. The molecule has 6 heteroatoms. The van der Waals surface area contributed by atoms with Crippen LogP contribution in [0, 0.1) is 5.92 Å². The first-order valence-corrected chi connectivity index (χ1v) is 12.4. The van der Waals surface area contributed by atoms with E-state index in [1.54, 1.807) is 0 Å². The van der Waals surface area contributed by atoms with E-state index in [1.807, 2.05) is 48.7 Å². The van der Waals surface area contributed by atoms with Crippen molar-refractivity contribution in [2.24, 2.45) is 5.92 Å². The molecule has 0 atom stereocenters. The summed E-state index contributed by atoms with van der Waals surface area (Å²) in [5.41, 5.74) is 3.05. The summed E-state index contributed by atoms with van der Waals surface area (Å²) in [7, 11) is 0. The van der Waals surface area contributed by atoms with Gasteiger partial charge in [0.1, 0.15) is 0 Å². The van der Waals surface area contributed by atoms with Gasteiger partial charge in [-0.1, -0.05) is 67.3 Å². The Bertz CT molecular complexity index is 1210. The normalized spacial score (nSPS) is 18.9. The lowest BCUT2D eigenvalue weighted by Gasteiger charge is -2.25. The Morgan fingerprint density at radius 2 is 1.75 bits per heavy atom. The number of thioether (sulfide) groups is 1. The van der Waals surface area contributed by atoms with E-state index in [0.717, 1.165) is 51.7 Å². The third-order valence-electron chi connectivity index (χ3n) is 6.44. The molecule has 2 aliphatic rings. The number of carbonyl (C=O) groups excluding carboxylic acids is 2. The van der Waals surface area contributed by atoms with E-state index < -0.39 is 0 Å². The van der Waals surface area contributed by atoms with Crippen molar-refractivity contribution in [3.63, 3.8) is 0 Å². The maximum atomic E-state index is 13.1. The van der Waals surface area contributed by atoms with E-state index in [1.165, 1.54) is 24.2 Å². The van der Waals surface area contributed by atoms with Gasteiger partial charge in [-0.2, -0.15) is 0 Å². The highest BCUT2D eigenvalue weighted by atomic mass is 35.5. The lowest BCUT2D eigenvalue weighted by molar-refractivity contribution is -0.123. The Morgan fingerprint density at radius 1 is 1.00 bits per heavy atom. The summed E-state index contributed by atoms with van der Waals surface area (Å²) in [6.07, 6.45) is 9.78. The molecule has 1 aliphatic carbocycles. The number of hydrogen-bond acceptors (Lipinski definition) is 3. The van der Waals surface area contributed by atoms with Crippen LogP contribution in [0.2, 0.25) is 5.02 Å². The molecule has 2 fully saturated rings. The molecule has 2 aromatic carbocycles. The first-order valence-electron chi connectivity index (χ1n) is 11.2. The SMILES string of the molecule is O=C1S/C(=C/c2cn(Cc3ccccc3Cl)c3ccccc23)C(=O)N1CC1CCCCC1. The average molecular weight is 465 g/mol. The maximum Gasteiger partial charge on any atom is 0.293 e. The first kappa shape index (κ1) is 21.4. The molecule has 1 aliphatic heterocycles. The van der Waals surface area contributed by atoms with Gasteiger partial charge in [-0.3, -0.25) is 14.5 Å². The van der Waals surface area contributed by atoms with Crippen molar-refractivity contribution in [2.75, 3.05) is 6.54 Å². The molecular formula is C26H25ClN2O2S. The van der Waals surface area contributed by atoms with Crippen LogP contribution in [0.4, 0.5) is 4.79 Å². The predicted octanol–water partition coefficient (Wildman–Crippen LogP) is 6.96. The van der Waals surface area contributed by atoms with Crippen molar-refractivity contribution in [1.82, 2.24) is 9.47 Å². The van der Waals surface area contributed by atoms with Gasteiger partial charge >= 0.3 is 0 Å². The summed E-state index contributed by atoms with van der Waals surface area (Å²) in [4.78, 5) is 27.6. The topological polar surface area (TPSA) is 42.3 Å². The molecular weight excluding hydrogens is 440 g/mol. The van der Waals surface area contributed by atoms with Crippen molar-refractivity contribution < 1.29 is 9.59 Å². The summed E-state index contributed by atoms with van der Waals surface area (Å²) in [5, 5.41) is 1.64. The summed E-state index contributed by atoms with van der Waals surface area (Å²) in [6, 6.07) is 15.9. The molecule has 0 radical (unpaired) electrons. The van der Waals surface area contributed by atoms with E-state index in [2.05, 4.69) is 16.7 Å². The van der Waals surface area contributed by atoms with Crippen LogP contribution in [-0.2, 0) is 11.3 Å². The number of imide groups is 1. The number of benzene rings is 2. The molecule has 3 aromatic rings. The second kappa shape index (κ2) is 9.16. The van der Waals surface area contributed by atoms with Gasteiger partial charge in [-0.25, -0.2) is 0 Å². The fourth-order valence-corrected chi connectivity index (χ4v) is 5.79. The van der Waals surface area contributed by atoms with Gasteiger partial charge in [0.15, 0.2) is 0 Å². The van der Waals surface area contributed by atoms with Gasteiger partial charge in [0.05, 0.1) is 4.91 Å². The van der Waals surface area contributed by atoms with Crippen LogP contribution in [0.25, 0.3) is 17.0 Å². The number of aromatic nitrogens is 1. The van der Waals surface area contributed by atoms with Crippen molar-refractivity contribution in [1.29, 1.82) is 0 Å². The minimum atomic E-state index is -0.159. The molecule has 1 aromatic heterocycles. The lowest BCUT2D eigenvalue weighted by Crippen LogP contribution is -2.34. The zero-order valence-corrected chi connectivity index (χ0v) is 19.4. The van der Waals surface area contributed by atoms with E-state index >= 15 is 0 Å². The minimum absolute atomic E-state index is 0.147. The first-order chi connectivity index (χ1) is 15.6. The van der Waals surface area contributed by atoms with Crippen LogP contribution in [-0.4, -0.2) is 27.2 Å². The molecule has 32 heavy (non-hydrogen) atoms. The standard InChI is InChI=1S/C26H25ClN2O2S/c27-22-12-6-4-10-19(22)16-28-17-20(21-11-5-7-13-23(21)28)14-24-25(30)29(26(31)32-24)15-18-8-2-1-3-9-18/h4-7,10-14,17-18H,1-3,8-9,15-16H2/b24-14+. The number of nitrogens with zero attached hydrogens (tertiary/aromatic N) is 2. The molecule has 0 unspecified atom stereocenters. The molecule has 1 saturated heterocycles. The molecule has 164 valence electrons. The fraction of sp³-hybridized carbons (Fsp3) is 0.308. The van der Waals surface area contributed by atoms with Gasteiger partial charge in [-0.05, 0) is 54.3 Å². The van der Waals surface area contributed by atoms with Crippen LogP contribution in [0.1, 0.15) is 43.2 Å². The van der Waals surface area contributed by atoms with Crippen molar-refractivity contribution in [3.05, 3.63) is 75.8 Å². The fourth-order valence-electron chi connectivity index (χ4n) is 4.76. The van der Waals surface area contributed by atoms with Crippen LogP contribution < -0.4 is 0 Å². The highest BCUT2D eigenvalue weighted by Gasteiger charge is 2.36. The minimum Gasteiger partial charge on any atom is -0.342 e. The number of carbonyl (C=O) groups is 2. The smallest absolute Gasteiger partial charge is 0.293 e. The molecule has 5 rings (SSSR count). The third-order valence-corrected chi connectivity index (χ3v) is 7.72. The second-order valence-corrected chi connectivity index (χ2v) is 10.0. The quantitative estimate of drug-likeness (QED) is 0.383. The number of amides is 2. The zero-order chi connectivity index (χ0) is 22.1. The van der Waals surface area contributed by atoms with Gasteiger partial charge in [0.25, 0.3) is 11.1 Å². The molecule has 0 spiro atoms. The summed E-state index contributed by atoms with van der Waals surface area (Å²) < 4.78 is 2.15. The Hall–Kier alpha value is -2.50. The van der Waals surface area contributed by atoms with Crippen LogP contribution in [0.5, 0.6) is 0 Å². The largest absolute Gasteiger partial charge is 0.342 e. The third kappa shape index (κ3) is 4.24. The lowest BCUT2D eigenvalue weighted by atomic mass is 9.89. The van der Waals surface area contributed by atoms with Crippen LogP contribution in [0.15, 0.2) is 59.6 Å². The number of fused-ring (bicyclic) bond motifs is 1. The van der Waals surface area contributed by atoms with Gasteiger partial charge in [-0.15, -0.1) is 0 Å². The van der Waals surface area contributed by atoms with Crippen LogP contribution >= 0.6 is 23.4 Å². The molecule has 0 bridgehead atoms. The Labute approximate surface area is 197 Å². The number of halogens is 1. The van der Waals surface area contributed by atoms with Gasteiger partial charge in [0.2, 0.25) is 0 Å². The van der Waals surface area contributed by atoms with Gasteiger partial charge < -0.3 is 4.57 Å². The highest BCUT2D eigenvalue weighted by molar-refractivity contribution is 8.18. The van der Waals surface area contributed by atoms with E-state index in [4.69, 9.17) is 11.6 Å². The highest BCUT2D eigenvalue weighted by Crippen LogP contribution is 2.36.